The average Bonchev–Trinajstić information content (AvgIpc) is 2.29. The molecule has 18 heavy (non-hydrogen) atoms. The molecule has 1 amide bonds. The van der Waals surface area contributed by atoms with Crippen LogP contribution >= 0.6 is 0 Å². The van der Waals surface area contributed by atoms with Crippen molar-refractivity contribution in [3.63, 3.8) is 0 Å². The fourth-order valence-corrected chi connectivity index (χ4v) is 2.87. The Morgan fingerprint density at radius 1 is 1.33 bits per heavy atom. The Hall–Kier alpha value is -0.610. The summed E-state index contributed by atoms with van der Waals surface area (Å²) < 4.78 is 0. The molecule has 1 unspecified atom stereocenters. The number of hydrogen-bond acceptors (Lipinski definition) is 3. The van der Waals surface area contributed by atoms with Gasteiger partial charge in [0.15, 0.2) is 0 Å². The summed E-state index contributed by atoms with van der Waals surface area (Å²) in [6, 6.07) is 0.441. The van der Waals surface area contributed by atoms with Crippen LogP contribution in [0.2, 0.25) is 0 Å². The van der Waals surface area contributed by atoms with Crippen LogP contribution in [-0.2, 0) is 4.79 Å². The van der Waals surface area contributed by atoms with Crippen molar-refractivity contribution in [1.29, 1.82) is 0 Å². The summed E-state index contributed by atoms with van der Waals surface area (Å²) in [6.45, 7) is 5.57. The maximum atomic E-state index is 12.3. The van der Waals surface area contributed by atoms with E-state index in [4.69, 9.17) is 0 Å². The molecule has 0 aromatic rings. The Bertz CT molecular complexity index is 250. The second kappa shape index (κ2) is 7.74. The van der Waals surface area contributed by atoms with E-state index in [1.165, 1.54) is 19.3 Å². The van der Waals surface area contributed by atoms with Gasteiger partial charge >= 0.3 is 0 Å². The maximum absolute atomic E-state index is 12.3. The van der Waals surface area contributed by atoms with Gasteiger partial charge in [-0.15, -0.1) is 0 Å². The van der Waals surface area contributed by atoms with E-state index in [0.717, 1.165) is 19.4 Å². The molecule has 0 radical (unpaired) electrons. The molecule has 0 spiro atoms. The maximum Gasteiger partial charge on any atom is 0.236 e. The minimum atomic E-state index is -0.382. The molecule has 0 saturated heterocycles. The zero-order valence-electron chi connectivity index (χ0n) is 12.1. The molecular formula is C14H28N2O2. The van der Waals surface area contributed by atoms with Crippen molar-refractivity contribution in [3.05, 3.63) is 0 Å². The molecule has 1 N–H and O–H groups in total. The van der Waals surface area contributed by atoms with Crippen LogP contribution in [0.25, 0.3) is 0 Å². The monoisotopic (exact) mass is 256 g/mol. The number of aliphatic hydroxyl groups excluding tert-OH is 1. The van der Waals surface area contributed by atoms with Crippen LogP contribution in [-0.4, -0.2) is 59.6 Å². The summed E-state index contributed by atoms with van der Waals surface area (Å²) in [5.74, 6) is 0.201. The first-order valence-corrected chi connectivity index (χ1v) is 7.20. The van der Waals surface area contributed by atoms with Gasteiger partial charge in [-0.05, 0) is 33.7 Å². The van der Waals surface area contributed by atoms with E-state index in [1.807, 2.05) is 16.8 Å². The molecule has 1 aliphatic rings. The van der Waals surface area contributed by atoms with E-state index in [2.05, 4.69) is 6.92 Å². The smallest absolute Gasteiger partial charge is 0.236 e. The molecule has 0 bridgehead atoms. The molecule has 0 aromatic heterocycles. The summed E-state index contributed by atoms with van der Waals surface area (Å²) in [4.78, 5) is 16.2. The van der Waals surface area contributed by atoms with Gasteiger partial charge in [0.1, 0.15) is 0 Å². The lowest BCUT2D eigenvalue weighted by atomic mass is 9.94. The minimum Gasteiger partial charge on any atom is -0.392 e. The average molecular weight is 256 g/mol. The molecule has 0 aromatic carbocycles. The van der Waals surface area contributed by atoms with E-state index in [1.54, 1.807) is 6.92 Å². The first kappa shape index (κ1) is 15.4. The highest BCUT2D eigenvalue weighted by molar-refractivity contribution is 5.78. The van der Waals surface area contributed by atoms with Crippen molar-refractivity contribution in [2.75, 3.05) is 26.7 Å². The summed E-state index contributed by atoms with van der Waals surface area (Å²) in [5.41, 5.74) is 0. The van der Waals surface area contributed by atoms with Crippen LogP contribution in [0.4, 0.5) is 0 Å². The Kier molecular flexibility index (Phi) is 6.65. The predicted octanol–water partition coefficient (Wildman–Crippen LogP) is 1.48. The van der Waals surface area contributed by atoms with E-state index >= 15 is 0 Å². The second-order valence-electron chi connectivity index (χ2n) is 5.52. The Labute approximate surface area is 111 Å². The normalized spacial score (nSPS) is 18.9. The molecule has 1 fully saturated rings. The molecule has 1 aliphatic carbocycles. The standard InChI is InChI=1S/C14H28N2O2/c1-4-16(13-8-6-5-7-9-13)14(18)11-15(3)10-12(2)17/h12-13,17H,4-11H2,1-3H3. The highest BCUT2D eigenvalue weighted by Crippen LogP contribution is 2.22. The molecule has 0 heterocycles. The van der Waals surface area contributed by atoms with Crippen LogP contribution in [0.5, 0.6) is 0 Å². The van der Waals surface area contributed by atoms with E-state index in [9.17, 15) is 9.90 Å². The lowest BCUT2D eigenvalue weighted by Gasteiger charge is -2.34. The Balaban J connectivity index is 2.45. The van der Waals surface area contributed by atoms with Gasteiger partial charge in [0.2, 0.25) is 5.91 Å². The minimum absolute atomic E-state index is 0.201. The number of hydrogen-bond donors (Lipinski definition) is 1. The van der Waals surface area contributed by atoms with Crippen molar-refractivity contribution in [1.82, 2.24) is 9.80 Å². The van der Waals surface area contributed by atoms with Gasteiger partial charge in [0.05, 0.1) is 12.6 Å². The number of nitrogens with zero attached hydrogens (tertiary/aromatic N) is 2. The van der Waals surface area contributed by atoms with Gasteiger partial charge in [0.25, 0.3) is 0 Å². The quantitative estimate of drug-likeness (QED) is 0.783. The van der Waals surface area contributed by atoms with E-state index < -0.39 is 0 Å². The number of carbonyl (C=O) groups excluding carboxylic acids is 1. The largest absolute Gasteiger partial charge is 0.392 e. The third-order valence-corrected chi connectivity index (χ3v) is 3.66. The highest BCUT2D eigenvalue weighted by atomic mass is 16.3. The van der Waals surface area contributed by atoms with E-state index in [-0.39, 0.29) is 12.0 Å². The first-order chi connectivity index (χ1) is 8.54. The third kappa shape index (κ3) is 4.94. The second-order valence-corrected chi connectivity index (χ2v) is 5.52. The first-order valence-electron chi connectivity index (χ1n) is 7.20. The van der Waals surface area contributed by atoms with Gasteiger partial charge < -0.3 is 10.0 Å². The fraction of sp³-hybridized carbons (Fsp3) is 0.929. The van der Waals surface area contributed by atoms with Crippen molar-refractivity contribution >= 4 is 5.91 Å². The topological polar surface area (TPSA) is 43.8 Å². The number of aliphatic hydroxyl groups is 1. The van der Waals surface area contributed by atoms with Gasteiger partial charge in [0, 0.05) is 19.1 Å². The van der Waals surface area contributed by atoms with Gasteiger partial charge in [-0.2, -0.15) is 0 Å². The van der Waals surface area contributed by atoms with Crippen LogP contribution in [0.1, 0.15) is 46.0 Å². The molecule has 1 saturated carbocycles. The van der Waals surface area contributed by atoms with Crippen LogP contribution in [0.3, 0.4) is 0 Å². The number of rotatable bonds is 6. The zero-order chi connectivity index (χ0) is 13.5. The predicted molar refractivity (Wildman–Crippen MR) is 73.4 cm³/mol. The Morgan fingerprint density at radius 2 is 1.94 bits per heavy atom. The summed E-state index contributed by atoms with van der Waals surface area (Å²) in [6.07, 6.45) is 5.73. The van der Waals surface area contributed by atoms with Gasteiger partial charge in [-0.1, -0.05) is 19.3 Å². The van der Waals surface area contributed by atoms with Gasteiger partial charge in [-0.25, -0.2) is 0 Å². The molecule has 4 heteroatoms. The van der Waals surface area contributed by atoms with Crippen LogP contribution in [0, 0.1) is 0 Å². The summed E-state index contributed by atoms with van der Waals surface area (Å²) in [5, 5.41) is 9.31. The van der Waals surface area contributed by atoms with Gasteiger partial charge in [-0.3, -0.25) is 9.69 Å². The van der Waals surface area contributed by atoms with E-state index in [0.29, 0.717) is 19.1 Å². The summed E-state index contributed by atoms with van der Waals surface area (Å²) in [7, 11) is 1.89. The zero-order valence-corrected chi connectivity index (χ0v) is 12.1. The summed E-state index contributed by atoms with van der Waals surface area (Å²) >= 11 is 0. The SMILES string of the molecule is CCN(C(=O)CN(C)CC(C)O)C1CCCCC1. The molecule has 0 aliphatic heterocycles. The van der Waals surface area contributed by atoms with Crippen molar-refractivity contribution in [2.45, 2.75) is 58.1 Å². The number of likely N-dealkylation sites (N-methyl/N-ethyl adjacent to an activating group) is 2. The number of amides is 1. The lowest BCUT2D eigenvalue weighted by molar-refractivity contribution is -0.135. The molecular weight excluding hydrogens is 228 g/mol. The molecule has 1 rings (SSSR count). The fourth-order valence-electron chi connectivity index (χ4n) is 2.87. The van der Waals surface area contributed by atoms with Crippen molar-refractivity contribution < 1.29 is 9.90 Å². The van der Waals surface area contributed by atoms with Crippen LogP contribution in [0.15, 0.2) is 0 Å². The molecule has 4 nitrogen and oxygen atoms in total. The number of carbonyl (C=O) groups is 1. The Morgan fingerprint density at radius 3 is 2.44 bits per heavy atom. The lowest BCUT2D eigenvalue weighted by Crippen LogP contribution is -2.46. The molecule has 106 valence electrons. The highest BCUT2D eigenvalue weighted by Gasteiger charge is 2.24. The van der Waals surface area contributed by atoms with Crippen LogP contribution < -0.4 is 0 Å². The molecule has 1 atom stereocenters. The van der Waals surface area contributed by atoms with Crippen molar-refractivity contribution in [2.24, 2.45) is 0 Å². The van der Waals surface area contributed by atoms with Crippen molar-refractivity contribution in [3.8, 4) is 0 Å². The third-order valence-electron chi connectivity index (χ3n) is 3.66.